The van der Waals surface area contributed by atoms with Crippen molar-refractivity contribution < 1.29 is 25.0 Å². The van der Waals surface area contributed by atoms with Gasteiger partial charge in [0.2, 0.25) is 17.5 Å². The van der Waals surface area contributed by atoms with E-state index >= 15 is 0 Å². The van der Waals surface area contributed by atoms with Crippen LogP contribution in [0.4, 0.5) is 17.3 Å². The Morgan fingerprint density at radius 3 is 2.75 bits per heavy atom. The first-order chi connectivity index (χ1) is 9.45. The van der Waals surface area contributed by atoms with Crippen LogP contribution in [0.25, 0.3) is 0 Å². The number of rotatable bonds is 3. The van der Waals surface area contributed by atoms with E-state index in [1.54, 1.807) is 0 Å². The average molecular weight is 285 g/mol. The molecule has 2 rings (SSSR count). The van der Waals surface area contributed by atoms with E-state index in [1.165, 1.54) is 0 Å². The van der Waals surface area contributed by atoms with Crippen LogP contribution in [0.1, 0.15) is 0 Å². The fourth-order valence-electron chi connectivity index (χ4n) is 1.63. The van der Waals surface area contributed by atoms with Gasteiger partial charge in [-0.3, -0.25) is 10.1 Å². The van der Waals surface area contributed by atoms with E-state index in [4.69, 9.17) is 15.6 Å². The van der Waals surface area contributed by atoms with E-state index in [2.05, 4.69) is 15.0 Å². The monoisotopic (exact) mass is 285 g/mol. The average Bonchev–Trinajstić information content (AvgIpc) is 2.66. The highest BCUT2D eigenvalue weighted by Gasteiger charge is 2.41. The van der Waals surface area contributed by atoms with E-state index in [0.717, 1.165) is 6.33 Å². The Kier molecular flexibility index (Phi) is 3.74. The number of aromatic nitrogens is 2. The van der Waals surface area contributed by atoms with Gasteiger partial charge in [-0.2, -0.15) is 4.99 Å². The number of nitrogens with two attached hydrogens (primary N) is 1. The molecule has 1 saturated heterocycles. The molecule has 5 N–H and O–H groups in total. The Morgan fingerprint density at radius 2 is 2.20 bits per heavy atom. The van der Waals surface area contributed by atoms with E-state index in [-0.39, 0.29) is 0 Å². The highest BCUT2D eigenvalue weighted by atomic mass is 16.6. The molecule has 1 aromatic rings. The lowest BCUT2D eigenvalue weighted by molar-refractivity contribution is -0.383. The molecule has 3 unspecified atom stereocenters. The molecule has 0 radical (unpaired) electrons. The summed E-state index contributed by atoms with van der Waals surface area (Å²) in [7, 11) is 0. The zero-order valence-electron chi connectivity index (χ0n) is 9.95. The number of hydrogen-bond acceptors (Lipinski definition) is 10. The summed E-state index contributed by atoms with van der Waals surface area (Å²) >= 11 is 0. The zero-order chi connectivity index (χ0) is 14.9. The lowest BCUT2D eigenvalue weighted by Gasteiger charge is -2.08. The lowest BCUT2D eigenvalue weighted by Crippen LogP contribution is -2.32. The molecule has 0 spiro atoms. The summed E-state index contributed by atoms with van der Waals surface area (Å²) in [5, 5.41) is 39.0. The van der Waals surface area contributed by atoms with Crippen LogP contribution in [0.3, 0.4) is 0 Å². The third kappa shape index (κ3) is 2.36. The predicted molar refractivity (Wildman–Crippen MR) is 64.2 cm³/mol. The van der Waals surface area contributed by atoms with Gasteiger partial charge in [-0.25, -0.2) is 9.97 Å². The first-order valence-corrected chi connectivity index (χ1v) is 5.42. The molecule has 20 heavy (non-hydrogen) atoms. The molecule has 0 aromatic carbocycles. The topological polar surface area (TPSA) is 177 Å². The minimum Gasteiger partial charge on any atom is -0.470 e. The number of nitrogens with zero attached hydrogens (tertiary/aromatic N) is 4. The number of nitrogen functional groups attached to an aromatic ring is 1. The smallest absolute Gasteiger partial charge is 0.355 e. The van der Waals surface area contributed by atoms with Crippen molar-refractivity contribution in [3.05, 3.63) is 16.4 Å². The molecule has 0 saturated carbocycles. The maximum absolute atomic E-state index is 10.9. The third-order valence-electron chi connectivity index (χ3n) is 2.64. The van der Waals surface area contributed by atoms with Gasteiger partial charge in [-0.05, 0) is 0 Å². The van der Waals surface area contributed by atoms with Crippen molar-refractivity contribution in [1.82, 2.24) is 9.97 Å². The summed E-state index contributed by atoms with van der Waals surface area (Å²) in [5.74, 6) is -1.20. The van der Waals surface area contributed by atoms with E-state index < -0.39 is 53.1 Å². The summed E-state index contributed by atoms with van der Waals surface area (Å²) in [6.45, 7) is -0.550. The molecule has 0 bridgehead atoms. The van der Waals surface area contributed by atoms with Crippen molar-refractivity contribution in [2.24, 2.45) is 4.99 Å². The fraction of sp³-hybridized carbons (Fsp3) is 0.444. The second-order valence-corrected chi connectivity index (χ2v) is 3.91. The normalized spacial score (nSPS) is 27.6. The third-order valence-corrected chi connectivity index (χ3v) is 2.64. The first-order valence-electron chi connectivity index (χ1n) is 5.42. The fourth-order valence-corrected chi connectivity index (χ4v) is 1.63. The molecule has 0 amide bonds. The Labute approximate surface area is 111 Å². The Balaban J connectivity index is 2.42. The van der Waals surface area contributed by atoms with Gasteiger partial charge in [0.05, 0.1) is 11.5 Å². The van der Waals surface area contributed by atoms with Crippen molar-refractivity contribution in [2.45, 2.75) is 18.3 Å². The highest BCUT2D eigenvalue weighted by Crippen LogP contribution is 2.30. The number of ether oxygens (including phenoxy) is 1. The van der Waals surface area contributed by atoms with Crippen LogP contribution in [0, 0.1) is 10.1 Å². The number of aliphatic imine (C=N–C) groups is 1. The molecule has 1 aliphatic heterocycles. The minimum atomic E-state index is -1.53. The zero-order valence-corrected chi connectivity index (χ0v) is 9.95. The van der Waals surface area contributed by atoms with Gasteiger partial charge in [0.1, 0.15) is 12.4 Å². The van der Waals surface area contributed by atoms with Gasteiger partial charge in [0.15, 0.2) is 12.2 Å². The maximum atomic E-state index is 10.9. The van der Waals surface area contributed by atoms with Crippen molar-refractivity contribution in [2.75, 3.05) is 12.3 Å². The van der Waals surface area contributed by atoms with Crippen LogP contribution >= 0.6 is 0 Å². The van der Waals surface area contributed by atoms with Gasteiger partial charge in [0, 0.05) is 0 Å². The number of aliphatic hydroxyl groups excluding tert-OH is 3. The summed E-state index contributed by atoms with van der Waals surface area (Å²) in [5.41, 5.74) is 4.72. The van der Waals surface area contributed by atoms with E-state index in [0.29, 0.717) is 0 Å². The second-order valence-electron chi connectivity index (χ2n) is 3.91. The van der Waals surface area contributed by atoms with Crippen LogP contribution in [0.5, 0.6) is 0 Å². The molecule has 108 valence electrons. The summed E-state index contributed by atoms with van der Waals surface area (Å²) in [6.07, 6.45) is -3.02. The molecule has 1 aromatic heterocycles. The maximum Gasteiger partial charge on any atom is 0.355 e. The number of anilines is 1. The van der Waals surface area contributed by atoms with E-state index in [9.17, 15) is 20.3 Å². The summed E-state index contributed by atoms with van der Waals surface area (Å²) < 4.78 is 4.99. The summed E-state index contributed by atoms with van der Waals surface area (Å²) in [6, 6.07) is 0. The van der Waals surface area contributed by atoms with Crippen LogP contribution in [0.15, 0.2) is 11.3 Å². The molecule has 3 atom stereocenters. The van der Waals surface area contributed by atoms with Crippen LogP contribution < -0.4 is 5.73 Å². The van der Waals surface area contributed by atoms with Crippen LogP contribution in [0.2, 0.25) is 0 Å². The largest absolute Gasteiger partial charge is 0.470 e. The van der Waals surface area contributed by atoms with Crippen LogP contribution in [-0.2, 0) is 4.74 Å². The Bertz CT molecular complexity index is 564. The van der Waals surface area contributed by atoms with Crippen molar-refractivity contribution in [3.8, 4) is 0 Å². The van der Waals surface area contributed by atoms with Crippen LogP contribution in [-0.4, -0.2) is 61.0 Å². The van der Waals surface area contributed by atoms with Gasteiger partial charge in [0.25, 0.3) is 0 Å². The molecule has 2 heterocycles. The predicted octanol–water partition coefficient (Wildman–Crippen LogP) is -1.89. The van der Waals surface area contributed by atoms with Gasteiger partial charge >= 0.3 is 5.69 Å². The molecule has 11 nitrogen and oxygen atoms in total. The molecular formula is C9H11N5O6. The standard InChI is InChI=1S/C9H11N5O6/c10-7-4(14(18)19)8(12-2-11-7)13-9-6(17)5(16)3(1-15)20-9/h2-3,5-6,15-17H,1H2,(H2,10,11,12). The lowest BCUT2D eigenvalue weighted by atomic mass is 10.1. The first kappa shape index (κ1) is 14.0. The Hall–Kier alpha value is -2.37. The second kappa shape index (κ2) is 5.32. The van der Waals surface area contributed by atoms with Gasteiger partial charge in [-0.1, -0.05) is 0 Å². The SMILES string of the molecule is Nc1ncnc(N=C2OC(CO)C(O)C2O)c1[N+](=O)[O-]. The molecule has 11 heteroatoms. The number of aliphatic hydroxyl groups is 3. The molecule has 1 aliphatic rings. The quantitative estimate of drug-likeness (QED) is 0.365. The number of hydrogen-bond donors (Lipinski definition) is 4. The summed E-state index contributed by atoms with van der Waals surface area (Å²) in [4.78, 5) is 20.8. The highest BCUT2D eigenvalue weighted by molar-refractivity contribution is 5.87. The number of nitro groups is 1. The van der Waals surface area contributed by atoms with Gasteiger partial charge < -0.3 is 25.8 Å². The van der Waals surface area contributed by atoms with Crippen molar-refractivity contribution in [1.29, 1.82) is 0 Å². The van der Waals surface area contributed by atoms with Crippen molar-refractivity contribution in [3.63, 3.8) is 0 Å². The van der Waals surface area contributed by atoms with E-state index in [1.807, 2.05) is 0 Å². The minimum absolute atomic E-state index is 0.391. The molecule has 1 fully saturated rings. The molecule has 0 aliphatic carbocycles. The van der Waals surface area contributed by atoms with Crippen molar-refractivity contribution >= 4 is 23.2 Å². The Morgan fingerprint density at radius 1 is 1.50 bits per heavy atom. The molecular weight excluding hydrogens is 274 g/mol. The van der Waals surface area contributed by atoms with Gasteiger partial charge in [-0.15, -0.1) is 0 Å².